The van der Waals surface area contributed by atoms with E-state index in [9.17, 15) is 9.18 Å². The molecule has 0 bridgehead atoms. The molecule has 162 valence electrons. The number of halogens is 1. The molecule has 1 aliphatic rings. The second-order valence-corrected chi connectivity index (χ2v) is 8.16. The van der Waals surface area contributed by atoms with Gasteiger partial charge in [-0.3, -0.25) is 4.79 Å². The Hall–Kier alpha value is -3.67. The number of hydrogen-bond acceptors (Lipinski definition) is 3. The first-order chi connectivity index (χ1) is 15.6. The van der Waals surface area contributed by atoms with Gasteiger partial charge in [0.25, 0.3) is 0 Å². The first kappa shape index (κ1) is 20.2. The Morgan fingerprint density at radius 3 is 2.69 bits per heavy atom. The second-order valence-electron chi connectivity index (χ2n) is 8.16. The fraction of sp³-hybridized carbons (Fsp3) is 0.231. The summed E-state index contributed by atoms with van der Waals surface area (Å²) in [6.45, 7) is 3.69. The van der Waals surface area contributed by atoms with Crippen LogP contribution in [0.15, 0.2) is 72.8 Å². The molecule has 1 aliphatic heterocycles. The summed E-state index contributed by atoms with van der Waals surface area (Å²) in [5.41, 5.74) is 3.81. The van der Waals surface area contributed by atoms with E-state index in [1.807, 2.05) is 55.5 Å². The van der Waals surface area contributed by atoms with Gasteiger partial charge in [-0.25, -0.2) is 9.37 Å². The molecule has 1 aromatic heterocycles. The van der Waals surface area contributed by atoms with Gasteiger partial charge in [0.2, 0.25) is 5.91 Å². The highest BCUT2D eigenvalue weighted by Crippen LogP contribution is 2.33. The third-order valence-electron chi connectivity index (χ3n) is 5.89. The topological polar surface area (TPSA) is 47.4 Å². The van der Waals surface area contributed by atoms with Crippen molar-refractivity contribution < 1.29 is 13.9 Å². The van der Waals surface area contributed by atoms with Crippen LogP contribution in [0.2, 0.25) is 0 Å². The van der Waals surface area contributed by atoms with E-state index in [4.69, 9.17) is 9.72 Å². The number of aryl methyl sites for hydroxylation is 1. The highest BCUT2D eigenvalue weighted by molar-refractivity contribution is 5.96. The number of carbonyl (C=O) groups excluding carboxylic acids is 1. The Bertz CT molecular complexity index is 1270. The molecule has 4 aromatic rings. The third kappa shape index (κ3) is 3.96. The van der Waals surface area contributed by atoms with Crippen LogP contribution in [0.4, 0.5) is 10.1 Å². The molecular weight excluding hydrogens is 405 g/mol. The van der Waals surface area contributed by atoms with Crippen LogP contribution < -0.4 is 9.64 Å². The number of benzene rings is 3. The van der Waals surface area contributed by atoms with E-state index >= 15 is 0 Å². The summed E-state index contributed by atoms with van der Waals surface area (Å²) < 4.78 is 21.5. The van der Waals surface area contributed by atoms with Crippen LogP contribution in [-0.4, -0.2) is 28.6 Å². The highest BCUT2D eigenvalue weighted by Gasteiger charge is 2.34. The van der Waals surface area contributed by atoms with E-state index in [2.05, 4.69) is 4.57 Å². The first-order valence-electron chi connectivity index (χ1n) is 10.8. The number of fused-ring (bicyclic) bond motifs is 1. The van der Waals surface area contributed by atoms with Crippen LogP contribution in [0.25, 0.3) is 11.0 Å². The van der Waals surface area contributed by atoms with Gasteiger partial charge in [0, 0.05) is 24.6 Å². The lowest BCUT2D eigenvalue weighted by atomic mass is 10.1. The maximum absolute atomic E-state index is 13.3. The van der Waals surface area contributed by atoms with Crippen molar-refractivity contribution in [2.75, 3.05) is 18.1 Å². The quantitative estimate of drug-likeness (QED) is 0.429. The molecule has 6 heteroatoms. The van der Waals surface area contributed by atoms with Crippen LogP contribution in [0, 0.1) is 12.7 Å². The maximum atomic E-state index is 13.3. The van der Waals surface area contributed by atoms with E-state index in [0.717, 1.165) is 28.2 Å². The molecule has 1 atom stereocenters. The van der Waals surface area contributed by atoms with E-state index in [0.29, 0.717) is 31.8 Å². The number of hydrogen-bond donors (Lipinski definition) is 0. The van der Waals surface area contributed by atoms with Crippen molar-refractivity contribution in [3.8, 4) is 5.75 Å². The van der Waals surface area contributed by atoms with Gasteiger partial charge in [-0.05, 0) is 61.0 Å². The average Bonchev–Trinajstić information content (AvgIpc) is 3.35. The van der Waals surface area contributed by atoms with E-state index < -0.39 is 0 Å². The van der Waals surface area contributed by atoms with Gasteiger partial charge in [-0.2, -0.15) is 0 Å². The van der Waals surface area contributed by atoms with Crippen molar-refractivity contribution in [3.05, 3.63) is 90.0 Å². The minimum atomic E-state index is -0.313. The number of imidazole rings is 1. The first-order valence-corrected chi connectivity index (χ1v) is 10.8. The SMILES string of the molecule is Cc1cccc(OCCn2c(C3CC(=O)N(c4ccc(F)cc4)C3)nc3ccccc32)c1. The molecule has 32 heavy (non-hydrogen) atoms. The third-order valence-corrected chi connectivity index (χ3v) is 5.89. The standard InChI is InChI=1S/C26H24FN3O2/c1-18-5-4-6-22(15-18)32-14-13-29-24-8-3-2-7-23(24)28-26(29)19-16-25(31)30(17-19)21-11-9-20(27)10-12-21/h2-12,15,19H,13-14,16-17H2,1H3. The summed E-state index contributed by atoms with van der Waals surface area (Å²) in [7, 11) is 0. The molecular formula is C26H24FN3O2. The predicted molar refractivity (Wildman–Crippen MR) is 123 cm³/mol. The Balaban J connectivity index is 1.40. The van der Waals surface area contributed by atoms with E-state index in [1.165, 1.54) is 12.1 Å². The van der Waals surface area contributed by atoms with E-state index in [-0.39, 0.29) is 17.6 Å². The molecule has 5 nitrogen and oxygen atoms in total. The lowest BCUT2D eigenvalue weighted by molar-refractivity contribution is -0.117. The van der Waals surface area contributed by atoms with Crippen LogP contribution in [0.3, 0.4) is 0 Å². The summed E-state index contributed by atoms with van der Waals surface area (Å²) in [6, 6.07) is 22.1. The Morgan fingerprint density at radius 2 is 1.88 bits per heavy atom. The summed E-state index contributed by atoms with van der Waals surface area (Å²) >= 11 is 0. The molecule has 0 aliphatic carbocycles. The van der Waals surface area contributed by atoms with Gasteiger partial charge < -0.3 is 14.2 Å². The number of rotatable bonds is 6. The smallest absolute Gasteiger partial charge is 0.227 e. The van der Waals surface area contributed by atoms with Crippen molar-refractivity contribution in [3.63, 3.8) is 0 Å². The van der Waals surface area contributed by atoms with Crippen molar-refractivity contribution in [2.24, 2.45) is 0 Å². The lowest BCUT2D eigenvalue weighted by Gasteiger charge is -2.17. The minimum Gasteiger partial charge on any atom is -0.492 e. The molecule has 0 N–H and O–H groups in total. The van der Waals surface area contributed by atoms with Crippen molar-refractivity contribution in [1.29, 1.82) is 0 Å². The van der Waals surface area contributed by atoms with Gasteiger partial charge in [0.15, 0.2) is 0 Å². The van der Waals surface area contributed by atoms with Gasteiger partial charge >= 0.3 is 0 Å². The molecule has 0 saturated carbocycles. The highest BCUT2D eigenvalue weighted by atomic mass is 19.1. The molecule has 0 spiro atoms. The summed E-state index contributed by atoms with van der Waals surface area (Å²) in [5.74, 6) is 1.40. The van der Waals surface area contributed by atoms with Crippen molar-refractivity contribution in [2.45, 2.75) is 25.8 Å². The maximum Gasteiger partial charge on any atom is 0.227 e. The normalized spacial score (nSPS) is 16.1. The molecule has 1 amide bonds. The number of carbonyl (C=O) groups is 1. The van der Waals surface area contributed by atoms with Crippen molar-refractivity contribution in [1.82, 2.24) is 9.55 Å². The molecule has 2 heterocycles. The largest absolute Gasteiger partial charge is 0.492 e. The Morgan fingerprint density at radius 1 is 1.06 bits per heavy atom. The summed E-state index contributed by atoms with van der Waals surface area (Å²) in [6.07, 6.45) is 0.374. The fourth-order valence-electron chi connectivity index (χ4n) is 4.35. The number of para-hydroxylation sites is 2. The van der Waals surface area contributed by atoms with Gasteiger partial charge in [-0.1, -0.05) is 24.3 Å². The summed E-state index contributed by atoms with van der Waals surface area (Å²) in [4.78, 5) is 19.4. The number of aromatic nitrogens is 2. The fourth-order valence-corrected chi connectivity index (χ4v) is 4.35. The Labute approximate surface area is 186 Å². The number of nitrogens with zero attached hydrogens (tertiary/aromatic N) is 3. The van der Waals surface area contributed by atoms with Gasteiger partial charge in [-0.15, -0.1) is 0 Å². The second kappa shape index (κ2) is 8.46. The number of anilines is 1. The molecule has 3 aromatic carbocycles. The molecule has 1 saturated heterocycles. The van der Waals surface area contributed by atoms with E-state index in [1.54, 1.807) is 17.0 Å². The molecule has 1 fully saturated rings. The summed E-state index contributed by atoms with van der Waals surface area (Å²) in [5, 5.41) is 0. The average molecular weight is 429 g/mol. The number of amides is 1. The van der Waals surface area contributed by atoms with Crippen LogP contribution in [-0.2, 0) is 11.3 Å². The van der Waals surface area contributed by atoms with Crippen LogP contribution in [0.1, 0.15) is 23.7 Å². The zero-order chi connectivity index (χ0) is 22.1. The van der Waals surface area contributed by atoms with Gasteiger partial charge in [0.05, 0.1) is 17.6 Å². The monoisotopic (exact) mass is 429 g/mol. The lowest BCUT2D eigenvalue weighted by Crippen LogP contribution is -2.24. The van der Waals surface area contributed by atoms with Crippen LogP contribution >= 0.6 is 0 Å². The number of ether oxygens (including phenoxy) is 1. The zero-order valence-electron chi connectivity index (χ0n) is 17.9. The molecule has 0 radical (unpaired) electrons. The molecule has 5 rings (SSSR count). The minimum absolute atomic E-state index is 0.0243. The zero-order valence-corrected chi connectivity index (χ0v) is 17.9. The van der Waals surface area contributed by atoms with Crippen molar-refractivity contribution >= 4 is 22.6 Å². The predicted octanol–water partition coefficient (Wildman–Crippen LogP) is 5.08. The van der Waals surface area contributed by atoms with Gasteiger partial charge in [0.1, 0.15) is 24.0 Å². The van der Waals surface area contributed by atoms with Crippen LogP contribution in [0.5, 0.6) is 5.75 Å². The Kier molecular flexibility index (Phi) is 5.35. The molecule has 1 unspecified atom stereocenters.